The van der Waals surface area contributed by atoms with Gasteiger partial charge in [0.1, 0.15) is 18.8 Å². The number of carbonyl (C=O) groups is 4. The first kappa shape index (κ1) is 30.6. The number of alkyl carbamates (subject to hydrolysis) is 1. The molecule has 11 nitrogen and oxygen atoms in total. The van der Waals surface area contributed by atoms with Crippen molar-refractivity contribution in [3.05, 3.63) is 70.9 Å². The summed E-state index contributed by atoms with van der Waals surface area (Å²) in [5.41, 5.74) is 0.924. The third-order valence-corrected chi connectivity index (χ3v) is 8.00. The summed E-state index contributed by atoms with van der Waals surface area (Å²) >= 11 is 1.61. The van der Waals surface area contributed by atoms with Crippen LogP contribution < -0.4 is 10.6 Å². The van der Waals surface area contributed by atoms with Crippen molar-refractivity contribution in [1.29, 1.82) is 0 Å². The highest BCUT2D eigenvalue weighted by Crippen LogP contribution is 2.29. The highest BCUT2D eigenvalue weighted by atomic mass is 32.1. The number of hydrogen-bond acceptors (Lipinski definition) is 7. The van der Waals surface area contributed by atoms with Crippen LogP contribution in [0.5, 0.6) is 0 Å². The largest absolute Gasteiger partial charge is 0.445 e. The Kier molecular flexibility index (Phi) is 11.0. The highest BCUT2D eigenvalue weighted by molar-refractivity contribution is 7.09. The van der Waals surface area contributed by atoms with E-state index in [0.717, 1.165) is 10.4 Å². The molecule has 0 bridgehead atoms. The van der Waals surface area contributed by atoms with Crippen LogP contribution in [0.1, 0.15) is 23.3 Å². The predicted octanol–water partition coefficient (Wildman–Crippen LogP) is 2.42. The Balaban J connectivity index is 1.55. The molecule has 4 rings (SSSR count). The van der Waals surface area contributed by atoms with Crippen molar-refractivity contribution in [2.75, 3.05) is 39.3 Å². The van der Waals surface area contributed by atoms with Gasteiger partial charge in [0.2, 0.25) is 11.8 Å². The Labute approximate surface area is 250 Å². The van der Waals surface area contributed by atoms with Gasteiger partial charge in [0.05, 0.1) is 19.6 Å². The molecule has 1 aromatic heterocycles. The van der Waals surface area contributed by atoms with E-state index < -0.39 is 24.3 Å². The quantitative estimate of drug-likeness (QED) is 0.222. The first-order valence-corrected chi connectivity index (χ1v) is 14.7. The Bertz CT molecular complexity index is 1280. The Hall–Kier alpha value is -4.34. The van der Waals surface area contributed by atoms with Gasteiger partial charge in [-0.05, 0) is 36.3 Å². The topological polar surface area (TPSA) is 115 Å². The molecule has 2 N–H and O–H groups in total. The van der Waals surface area contributed by atoms with Crippen molar-refractivity contribution in [3.8, 4) is 12.3 Å². The number of terminal acetylenes is 1. The van der Waals surface area contributed by atoms with Crippen molar-refractivity contribution >= 4 is 35.3 Å². The summed E-state index contributed by atoms with van der Waals surface area (Å²) in [5.74, 6) is 2.09. The highest BCUT2D eigenvalue weighted by Gasteiger charge is 2.51. The number of urea groups is 1. The molecule has 1 aromatic carbocycles. The van der Waals surface area contributed by atoms with Gasteiger partial charge < -0.3 is 25.2 Å². The van der Waals surface area contributed by atoms with Gasteiger partial charge in [0.15, 0.2) is 0 Å². The van der Waals surface area contributed by atoms with Gasteiger partial charge in [0.25, 0.3) is 0 Å². The van der Waals surface area contributed by atoms with E-state index in [1.165, 1.54) is 16.0 Å². The second kappa shape index (κ2) is 15.0. The van der Waals surface area contributed by atoms with Crippen LogP contribution in [-0.2, 0) is 27.3 Å². The average Bonchev–Trinajstić information content (AvgIpc) is 3.51. The second-order valence-electron chi connectivity index (χ2n) is 9.88. The molecule has 0 unspecified atom stereocenters. The van der Waals surface area contributed by atoms with E-state index in [1.54, 1.807) is 21.2 Å². The Morgan fingerprint density at radius 1 is 1.17 bits per heavy atom. The van der Waals surface area contributed by atoms with Crippen molar-refractivity contribution in [3.63, 3.8) is 0 Å². The van der Waals surface area contributed by atoms with Crippen molar-refractivity contribution in [2.45, 2.75) is 38.0 Å². The molecule has 2 aliphatic rings. The number of ether oxygens (including phenoxy) is 1. The van der Waals surface area contributed by atoms with Crippen LogP contribution in [0.3, 0.4) is 0 Å². The number of thiophene rings is 1. The fourth-order valence-corrected chi connectivity index (χ4v) is 5.84. The number of rotatable bonds is 12. The van der Waals surface area contributed by atoms with Gasteiger partial charge in [-0.1, -0.05) is 55.0 Å². The van der Waals surface area contributed by atoms with Crippen LogP contribution in [-0.4, -0.2) is 95.3 Å². The molecule has 0 aliphatic carbocycles. The van der Waals surface area contributed by atoms with Gasteiger partial charge in [-0.2, -0.15) is 5.01 Å². The lowest BCUT2D eigenvalue weighted by atomic mass is 10.0. The number of benzene rings is 1. The SMILES string of the molecule is C#CCN1CC(=O)N2[C@@H](CCCNC(=O)OCC=C)C(=O)N(CCc3cccs3)C[C@@H]2N1C(=O)NCc1ccccc1. The molecule has 2 saturated heterocycles. The fraction of sp³-hybridized carbons (Fsp3) is 0.400. The molecule has 2 atom stereocenters. The normalized spacial score (nSPS) is 18.7. The first-order valence-electron chi connectivity index (χ1n) is 13.9. The predicted molar refractivity (Wildman–Crippen MR) is 159 cm³/mol. The van der Waals surface area contributed by atoms with Gasteiger partial charge in [-0.3, -0.25) is 9.59 Å². The molecule has 0 saturated carbocycles. The Morgan fingerprint density at radius 3 is 2.69 bits per heavy atom. The molecule has 2 fully saturated rings. The average molecular weight is 593 g/mol. The van der Waals surface area contributed by atoms with Gasteiger partial charge >= 0.3 is 12.1 Å². The van der Waals surface area contributed by atoms with E-state index in [9.17, 15) is 19.2 Å². The number of nitrogens with zero attached hydrogens (tertiary/aromatic N) is 4. The standard InChI is InChI=1S/C30H36N6O5S/c1-3-16-34-22-27(37)35-25(13-8-15-31-30(40)41-18-4-2)28(38)33(17-14-24-12-9-19-42-24)21-26(35)36(34)29(39)32-20-23-10-6-5-7-11-23/h1,4-7,9-12,19,25-26H,2,8,13-18,20-22H2,(H,31,40)(H,32,39)/t25-,26-/m0/s1. The molecular formula is C30H36N6O5S. The summed E-state index contributed by atoms with van der Waals surface area (Å²) in [6.45, 7) is 4.66. The molecule has 42 heavy (non-hydrogen) atoms. The summed E-state index contributed by atoms with van der Waals surface area (Å²) in [6, 6.07) is 12.3. The maximum atomic E-state index is 13.8. The van der Waals surface area contributed by atoms with Gasteiger partial charge in [-0.15, -0.1) is 17.8 Å². The second-order valence-corrected chi connectivity index (χ2v) is 10.9. The first-order chi connectivity index (χ1) is 20.4. The maximum Gasteiger partial charge on any atom is 0.407 e. The zero-order chi connectivity index (χ0) is 29.9. The molecular weight excluding hydrogens is 556 g/mol. The van der Waals surface area contributed by atoms with Crippen LogP contribution in [0.15, 0.2) is 60.5 Å². The van der Waals surface area contributed by atoms with Gasteiger partial charge in [-0.25, -0.2) is 14.6 Å². The summed E-state index contributed by atoms with van der Waals surface area (Å²) in [6.07, 6.45) is 7.14. The lowest BCUT2D eigenvalue weighted by Crippen LogP contribution is -2.76. The number of carbonyl (C=O) groups excluding carboxylic acids is 4. The maximum absolute atomic E-state index is 13.8. The molecule has 0 radical (unpaired) electrons. The minimum Gasteiger partial charge on any atom is -0.445 e. The molecule has 5 amide bonds. The fourth-order valence-electron chi connectivity index (χ4n) is 5.14. The van der Waals surface area contributed by atoms with E-state index >= 15 is 0 Å². The molecule has 222 valence electrons. The van der Waals surface area contributed by atoms with Crippen molar-refractivity contribution in [2.24, 2.45) is 0 Å². The minimum atomic E-state index is -0.803. The van der Waals surface area contributed by atoms with Crippen molar-refractivity contribution in [1.82, 2.24) is 30.5 Å². The summed E-state index contributed by atoms with van der Waals surface area (Å²) in [4.78, 5) is 57.2. The van der Waals surface area contributed by atoms with E-state index in [0.29, 0.717) is 32.4 Å². The smallest absolute Gasteiger partial charge is 0.407 e. The van der Waals surface area contributed by atoms with Crippen LogP contribution in [0.2, 0.25) is 0 Å². The van der Waals surface area contributed by atoms with Crippen LogP contribution in [0.25, 0.3) is 0 Å². The monoisotopic (exact) mass is 592 g/mol. The third-order valence-electron chi connectivity index (χ3n) is 7.06. The number of piperazine rings is 1. The van der Waals surface area contributed by atoms with Crippen LogP contribution in [0.4, 0.5) is 9.59 Å². The third kappa shape index (κ3) is 7.69. The molecule has 0 spiro atoms. The minimum absolute atomic E-state index is 0.0549. The van der Waals surface area contributed by atoms with E-state index in [-0.39, 0.29) is 44.6 Å². The molecule has 3 heterocycles. The van der Waals surface area contributed by atoms with Crippen LogP contribution >= 0.6 is 11.3 Å². The summed E-state index contributed by atoms with van der Waals surface area (Å²) in [5, 5.41) is 10.6. The van der Waals surface area contributed by atoms with Gasteiger partial charge in [0, 0.05) is 24.5 Å². The molecule has 2 aromatic rings. The van der Waals surface area contributed by atoms with E-state index in [1.807, 2.05) is 47.8 Å². The summed E-state index contributed by atoms with van der Waals surface area (Å²) in [7, 11) is 0. The number of nitrogens with one attached hydrogen (secondary N) is 2. The zero-order valence-corrected chi connectivity index (χ0v) is 24.3. The molecule has 2 aliphatic heterocycles. The number of hydrazine groups is 1. The Morgan fingerprint density at radius 2 is 1.98 bits per heavy atom. The number of fused-ring (bicyclic) bond motifs is 1. The number of amides is 5. The van der Waals surface area contributed by atoms with Crippen molar-refractivity contribution < 1.29 is 23.9 Å². The summed E-state index contributed by atoms with van der Waals surface area (Å²) < 4.78 is 4.94. The van der Waals surface area contributed by atoms with Crippen LogP contribution in [0, 0.1) is 12.3 Å². The van der Waals surface area contributed by atoms with E-state index in [2.05, 4.69) is 23.1 Å². The lowest BCUT2D eigenvalue weighted by molar-refractivity contribution is -0.189. The lowest BCUT2D eigenvalue weighted by Gasteiger charge is -2.55. The number of hydrogen-bond donors (Lipinski definition) is 2. The molecule has 12 heteroatoms. The zero-order valence-electron chi connectivity index (χ0n) is 23.4. The van der Waals surface area contributed by atoms with E-state index in [4.69, 9.17) is 11.2 Å².